The van der Waals surface area contributed by atoms with Gasteiger partial charge in [-0.2, -0.15) is 0 Å². The standard InChI is InChI=1S/C5H10NO2Se/c1-2-8-5(7)4(6)3-9/h4H,2-3,6H2,1H3/t4-/m0/s1. The molecule has 0 unspecified atom stereocenters. The topological polar surface area (TPSA) is 52.3 Å². The molecule has 4 heteroatoms. The summed E-state index contributed by atoms with van der Waals surface area (Å²) in [4.78, 5) is 10.6. The molecule has 1 radical (unpaired) electrons. The Morgan fingerprint density at radius 3 is 2.78 bits per heavy atom. The van der Waals surface area contributed by atoms with Crippen LogP contribution in [0.25, 0.3) is 0 Å². The number of ether oxygens (including phenoxy) is 1. The predicted molar refractivity (Wildman–Crippen MR) is 35.2 cm³/mol. The summed E-state index contributed by atoms with van der Waals surface area (Å²) in [7, 11) is 0. The van der Waals surface area contributed by atoms with Gasteiger partial charge in [-0.05, 0) is 0 Å². The third kappa shape index (κ3) is 3.51. The van der Waals surface area contributed by atoms with Crippen LogP contribution in [-0.2, 0) is 9.53 Å². The molecule has 0 aliphatic rings. The molecule has 0 aromatic rings. The van der Waals surface area contributed by atoms with Crippen molar-refractivity contribution in [2.24, 2.45) is 5.73 Å². The SMILES string of the molecule is CCOC(=O)[C@@H](N)C[Se]. The second-order valence-electron chi connectivity index (χ2n) is 1.53. The number of hydrogen-bond acceptors (Lipinski definition) is 3. The van der Waals surface area contributed by atoms with Gasteiger partial charge in [-0.15, -0.1) is 0 Å². The van der Waals surface area contributed by atoms with Crippen molar-refractivity contribution in [3.05, 3.63) is 0 Å². The Kier molecular flexibility index (Phi) is 4.77. The molecule has 0 aliphatic carbocycles. The average molecular weight is 195 g/mol. The molecule has 0 rings (SSSR count). The van der Waals surface area contributed by atoms with Crippen LogP contribution in [0.1, 0.15) is 6.92 Å². The van der Waals surface area contributed by atoms with Crippen LogP contribution in [0.4, 0.5) is 0 Å². The van der Waals surface area contributed by atoms with Crippen molar-refractivity contribution in [1.29, 1.82) is 0 Å². The van der Waals surface area contributed by atoms with Gasteiger partial charge in [0, 0.05) is 0 Å². The second-order valence-corrected chi connectivity index (χ2v) is 2.22. The Labute approximate surface area is 62.7 Å². The Balaban J connectivity index is 3.46. The fourth-order valence-corrected chi connectivity index (χ4v) is 0.603. The first-order valence-corrected chi connectivity index (χ1v) is 3.93. The van der Waals surface area contributed by atoms with Crippen molar-refractivity contribution >= 4 is 22.0 Å². The van der Waals surface area contributed by atoms with Crippen molar-refractivity contribution in [3.63, 3.8) is 0 Å². The van der Waals surface area contributed by atoms with Crippen LogP contribution in [0, 0.1) is 0 Å². The molecule has 1 atom stereocenters. The molecule has 0 spiro atoms. The predicted octanol–water partition coefficient (Wildman–Crippen LogP) is -0.536. The molecule has 3 nitrogen and oxygen atoms in total. The quantitative estimate of drug-likeness (QED) is 0.486. The van der Waals surface area contributed by atoms with E-state index in [0.717, 1.165) is 0 Å². The first kappa shape index (κ1) is 8.95. The molecular formula is C5H10NO2Se. The Morgan fingerprint density at radius 1 is 1.89 bits per heavy atom. The summed E-state index contributed by atoms with van der Waals surface area (Å²) < 4.78 is 4.61. The van der Waals surface area contributed by atoms with Gasteiger partial charge in [0.15, 0.2) is 0 Å². The van der Waals surface area contributed by atoms with Gasteiger partial charge in [-0.25, -0.2) is 0 Å². The van der Waals surface area contributed by atoms with E-state index < -0.39 is 6.04 Å². The van der Waals surface area contributed by atoms with Crippen LogP contribution in [0.2, 0.25) is 5.32 Å². The summed E-state index contributed by atoms with van der Waals surface area (Å²) in [6.45, 7) is 2.15. The van der Waals surface area contributed by atoms with E-state index in [9.17, 15) is 4.79 Å². The first-order chi connectivity index (χ1) is 4.22. The van der Waals surface area contributed by atoms with Crippen molar-refractivity contribution in [3.8, 4) is 0 Å². The molecule has 0 aromatic carbocycles. The summed E-state index contributed by atoms with van der Waals surface area (Å²) in [5, 5.41) is 0.513. The van der Waals surface area contributed by atoms with Gasteiger partial charge in [0.05, 0.1) is 0 Å². The zero-order chi connectivity index (χ0) is 7.28. The molecule has 0 aliphatic heterocycles. The summed E-state index contributed by atoms with van der Waals surface area (Å²) in [6, 6.07) is -0.495. The molecule has 53 valence electrons. The van der Waals surface area contributed by atoms with Crippen LogP contribution in [0.3, 0.4) is 0 Å². The van der Waals surface area contributed by atoms with Gasteiger partial charge in [-0.3, -0.25) is 0 Å². The molecule has 0 heterocycles. The van der Waals surface area contributed by atoms with E-state index in [1.165, 1.54) is 0 Å². The Morgan fingerprint density at radius 2 is 2.44 bits per heavy atom. The minimum atomic E-state index is -0.495. The maximum absolute atomic E-state index is 10.6. The fraction of sp³-hybridized carbons (Fsp3) is 0.800. The third-order valence-corrected chi connectivity index (χ3v) is 1.52. The molecule has 0 saturated carbocycles. The van der Waals surface area contributed by atoms with Gasteiger partial charge < -0.3 is 0 Å². The number of carbonyl (C=O) groups is 1. The first-order valence-electron chi connectivity index (χ1n) is 2.72. The van der Waals surface area contributed by atoms with Gasteiger partial charge in [0.25, 0.3) is 0 Å². The molecule has 0 bridgehead atoms. The van der Waals surface area contributed by atoms with Crippen LogP contribution in [-0.4, -0.2) is 34.6 Å². The van der Waals surface area contributed by atoms with Crippen LogP contribution in [0.5, 0.6) is 0 Å². The van der Waals surface area contributed by atoms with Crippen molar-refractivity contribution in [2.45, 2.75) is 18.3 Å². The number of esters is 1. The number of nitrogens with two attached hydrogens (primary N) is 1. The van der Waals surface area contributed by atoms with E-state index in [1.54, 1.807) is 6.92 Å². The minimum absolute atomic E-state index is 0.337. The fourth-order valence-electron chi connectivity index (χ4n) is 0.317. The number of hydrogen-bond donors (Lipinski definition) is 1. The van der Waals surface area contributed by atoms with E-state index in [2.05, 4.69) is 20.7 Å². The van der Waals surface area contributed by atoms with Crippen molar-refractivity contribution in [1.82, 2.24) is 0 Å². The molecule has 0 fully saturated rings. The van der Waals surface area contributed by atoms with Crippen molar-refractivity contribution < 1.29 is 9.53 Å². The molecule has 9 heavy (non-hydrogen) atoms. The molecule has 2 N–H and O–H groups in total. The Hall–Kier alpha value is -0.0505. The van der Waals surface area contributed by atoms with Crippen LogP contribution in [0.15, 0.2) is 0 Å². The van der Waals surface area contributed by atoms with Crippen LogP contribution < -0.4 is 5.73 Å². The molecule has 0 aromatic heterocycles. The summed E-state index contributed by atoms with van der Waals surface area (Å²) in [5.74, 6) is -0.337. The third-order valence-electron chi connectivity index (χ3n) is 0.769. The van der Waals surface area contributed by atoms with E-state index in [4.69, 9.17) is 5.73 Å². The number of carbonyl (C=O) groups excluding carboxylic acids is 1. The van der Waals surface area contributed by atoms with E-state index >= 15 is 0 Å². The van der Waals surface area contributed by atoms with E-state index in [0.29, 0.717) is 11.9 Å². The average Bonchev–Trinajstić information content (AvgIpc) is 1.87. The summed E-state index contributed by atoms with van der Waals surface area (Å²) in [5.41, 5.74) is 5.30. The van der Waals surface area contributed by atoms with Gasteiger partial charge in [-0.1, -0.05) is 0 Å². The van der Waals surface area contributed by atoms with E-state index in [1.807, 2.05) is 0 Å². The zero-order valence-electron chi connectivity index (χ0n) is 5.29. The second kappa shape index (κ2) is 4.79. The summed E-state index contributed by atoms with van der Waals surface area (Å²) in [6.07, 6.45) is 0. The normalized spacial score (nSPS) is 12.8. The maximum atomic E-state index is 10.6. The van der Waals surface area contributed by atoms with Gasteiger partial charge >= 0.3 is 62.1 Å². The summed E-state index contributed by atoms with van der Waals surface area (Å²) >= 11 is 2.66. The molecular weight excluding hydrogens is 185 g/mol. The van der Waals surface area contributed by atoms with Crippen molar-refractivity contribution in [2.75, 3.05) is 6.61 Å². The monoisotopic (exact) mass is 196 g/mol. The zero-order valence-corrected chi connectivity index (χ0v) is 7.01. The molecule has 0 saturated heterocycles. The van der Waals surface area contributed by atoms with E-state index in [-0.39, 0.29) is 5.97 Å². The van der Waals surface area contributed by atoms with Crippen LogP contribution >= 0.6 is 0 Å². The van der Waals surface area contributed by atoms with Gasteiger partial charge in [0.2, 0.25) is 0 Å². The molecule has 0 amide bonds. The Bertz CT molecular complexity index is 97.0. The number of rotatable bonds is 3. The van der Waals surface area contributed by atoms with Gasteiger partial charge in [0.1, 0.15) is 0 Å².